The summed E-state index contributed by atoms with van der Waals surface area (Å²) in [6.07, 6.45) is 0. The second kappa shape index (κ2) is 14.3. The van der Waals surface area contributed by atoms with Gasteiger partial charge in [-0.3, -0.25) is 0 Å². The first kappa shape index (κ1) is 34.9. The van der Waals surface area contributed by atoms with E-state index in [1.165, 1.54) is 33.0 Å². The van der Waals surface area contributed by atoms with Crippen LogP contribution in [0.1, 0.15) is 0 Å². The summed E-state index contributed by atoms with van der Waals surface area (Å²) in [5, 5.41) is 6.73. The number of rotatable bonds is 7. The van der Waals surface area contributed by atoms with Gasteiger partial charge in [-0.05, 0) is 123 Å². The van der Waals surface area contributed by atoms with Gasteiger partial charge in [-0.2, -0.15) is 0 Å². The van der Waals surface area contributed by atoms with Crippen LogP contribution in [0.2, 0.25) is 0 Å². The molecule has 12 aromatic rings. The van der Waals surface area contributed by atoms with Crippen molar-refractivity contribution < 1.29 is 8.83 Å². The zero-order valence-electron chi connectivity index (χ0n) is 33.1. The summed E-state index contributed by atoms with van der Waals surface area (Å²) in [5.74, 6) is 0. The van der Waals surface area contributed by atoms with Gasteiger partial charge in [0.05, 0.1) is 0 Å². The predicted octanol–water partition coefficient (Wildman–Crippen LogP) is 16.8. The molecule has 2 aromatic heterocycles. The van der Waals surface area contributed by atoms with E-state index in [1.807, 2.05) is 24.3 Å². The maximum absolute atomic E-state index is 6.89. The molecule has 10 aromatic carbocycles. The molecule has 286 valence electrons. The molecule has 0 radical (unpaired) electrons. The lowest BCUT2D eigenvalue weighted by Gasteiger charge is -2.26. The molecule has 0 aliphatic rings. The molecular formula is C58H37NO2. The minimum Gasteiger partial charge on any atom is -0.456 e. The Hall–Kier alpha value is -8.14. The summed E-state index contributed by atoms with van der Waals surface area (Å²) in [4.78, 5) is 2.33. The Morgan fingerprint density at radius 1 is 0.279 bits per heavy atom. The van der Waals surface area contributed by atoms with Gasteiger partial charge in [0.1, 0.15) is 22.3 Å². The summed E-state index contributed by atoms with van der Waals surface area (Å²) >= 11 is 0. The van der Waals surface area contributed by atoms with E-state index in [0.29, 0.717) is 0 Å². The first-order valence-electron chi connectivity index (χ1n) is 20.7. The SMILES string of the molecule is c1ccc(-c2ccc(N(c3ccc(-c4ccccc4)cc3)c3ccc(-c4cc(-c5ccc6ccccc6c5)cc5c4oc4ccc6oc7ccccc7c6c45)cc3)cc2)cc1. The van der Waals surface area contributed by atoms with Crippen LogP contribution in [0, 0.1) is 0 Å². The predicted molar refractivity (Wildman–Crippen MR) is 255 cm³/mol. The van der Waals surface area contributed by atoms with E-state index < -0.39 is 0 Å². The van der Waals surface area contributed by atoms with E-state index >= 15 is 0 Å². The number of furan rings is 2. The average Bonchev–Trinajstić information content (AvgIpc) is 3.91. The molecule has 12 rings (SSSR count). The molecule has 0 saturated heterocycles. The maximum Gasteiger partial charge on any atom is 0.143 e. The van der Waals surface area contributed by atoms with Crippen molar-refractivity contribution in [2.24, 2.45) is 0 Å². The Morgan fingerprint density at radius 2 is 0.770 bits per heavy atom. The highest BCUT2D eigenvalue weighted by molar-refractivity contribution is 6.27. The second-order valence-corrected chi connectivity index (χ2v) is 15.7. The van der Waals surface area contributed by atoms with Crippen molar-refractivity contribution in [3.8, 4) is 44.5 Å². The van der Waals surface area contributed by atoms with E-state index in [4.69, 9.17) is 8.83 Å². The smallest absolute Gasteiger partial charge is 0.143 e. The van der Waals surface area contributed by atoms with Crippen LogP contribution in [0.4, 0.5) is 17.1 Å². The fraction of sp³-hybridized carbons (Fsp3) is 0. The first-order chi connectivity index (χ1) is 30.2. The largest absolute Gasteiger partial charge is 0.456 e. The Bertz CT molecular complexity index is 3460. The van der Waals surface area contributed by atoms with Crippen LogP contribution in [0.25, 0.3) is 99.2 Å². The van der Waals surface area contributed by atoms with Gasteiger partial charge in [0.2, 0.25) is 0 Å². The zero-order valence-corrected chi connectivity index (χ0v) is 33.1. The number of anilines is 3. The van der Waals surface area contributed by atoms with Crippen LogP contribution in [0.5, 0.6) is 0 Å². The third-order valence-corrected chi connectivity index (χ3v) is 12.1. The van der Waals surface area contributed by atoms with Crippen LogP contribution in [-0.4, -0.2) is 0 Å². The van der Waals surface area contributed by atoms with Crippen LogP contribution in [-0.2, 0) is 0 Å². The first-order valence-corrected chi connectivity index (χ1v) is 20.7. The highest BCUT2D eigenvalue weighted by Crippen LogP contribution is 2.45. The Labute approximate surface area is 353 Å². The number of fused-ring (bicyclic) bond motifs is 8. The third kappa shape index (κ3) is 6.06. The molecule has 0 aliphatic carbocycles. The van der Waals surface area contributed by atoms with E-state index in [0.717, 1.165) is 83.2 Å². The molecule has 0 aliphatic heterocycles. The lowest BCUT2D eigenvalue weighted by atomic mass is 9.93. The second-order valence-electron chi connectivity index (χ2n) is 15.7. The molecule has 61 heavy (non-hydrogen) atoms. The molecule has 0 saturated carbocycles. The van der Waals surface area contributed by atoms with Crippen molar-refractivity contribution in [1.82, 2.24) is 0 Å². The number of benzene rings is 10. The number of nitrogens with zero attached hydrogens (tertiary/aromatic N) is 1. The van der Waals surface area contributed by atoms with Crippen LogP contribution in [0.3, 0.4) is 0 Å². The van der Waals surface area contributed by atoms with Crippen LogP contribution >= 0.6 is 0 Å². The van der Waals surface area contributed by atoms with E-state index in [2.05, 4.69) is 205 Å². The van der Waals surface area contributed by atoms with Crippen molar-refractivity contribution in [1.29, 1.82) is 0 Å². The Kier molecular flexibility index (Phi) is 8.17. The molecule has 0 fully saturated rings. The lowest BCUT2D eigenvalue weighted by molar-refractivity contribution is 0.663. The van der Waals surface area contributed by atoms with Crippen molar-refractivity contribution in [2.75, 3.05) is 4.90 Å². The molecule has 2 heterocycles. The monoisotopic (exact) mass is 779 g/mol. The third-order valence-electron chi connectivity index (χ3n) is 12.1. The summed E-state index contributed by atoms with van der Waals surface area (Å²) in [6, 6.07) is 79.9. The van der Waals surface area contributed by atoms with Crippen molar-refractivity contribution in [3.63, 3.8) is 0 Å². The molecule has 0 atom stereocenters. The topological polar surface area (TPSA) is 29.5 Å². The fourth-order valence-electron chi connectivity index (χ4n) is 9.04. The van der Waals surface area contributed by atoms with Gasteiger partial charge < -0.3 is 13.7 Å². The van der Waals surface area contributed by atoms with E-state index in [9.17, 15) is 0 Å². The van der Waals surface area contributed by atoms with E-state index in [1.54, 1.807) is 0 Å². The van der Waals surface area contributed by atoms with Gasteiger partial charge >= 0.3 is 0 Å². The standard InChI is InChI=1S/C58H37NO2/c1-3-11-38(12-4-1)41-21-27-47(28-22-41)59(48-29-23-42(24-30-48)39-13-5-2-6-14-39)49-31-25-43(26-32-49)51-36-46(45-20-19-40-15-7-8-16-44(40)35-45)37-52-57-55(61-58(51)52)34-33-54-56(57)50-17-9-10-18-53(50)60-54/h1-37H. The molecule has 0 amide bonds. The fourth-order valence-corrected chi connectivity index (χ4v) is 9.04. The summed E-state index contributed by atoms with van der Waals surface area (Å²) < 4.78 is 13.3. The minimum atomic E-state index is 0.839. The van der Waals surface area contributed by atoms with Crippen LogP contribution in [0.15, 0.2) is 233 Å². The van der Waals surface area contributed by atoms with Crippen molar-refractivity contribution >= 4 is 71.7 Å². The van der Waals surface area contributed by atoms with Gasteiger partial charge in [-0.1, -0.05) is 152 Å². The van der Waals surface area contributed by atoms with Gasteiger partial charge in [0.25, 0.3) is 0 Å². The summed E-state index contributed by atoms with van der Waals surface area (Å²) in [6.45, 7) is 0. The number of hydrogen-bond donors (Lipinski definition) is 0. The minimum absolute atomic E-state index is 0.839. The molecule has 0 spiro atoms. The van der Waals surface area contributed by atoms with Gasteiger partial charge in [0, 0.05) is 44.2 Å². The quantitative estimate of drug-likeness (QED) is 0.161. The highest BCUT2D eigenvalue weighted by Gasteiger charge is 2.21. The lowest BCUT2D eigenvalue weighted by Crippen LogP contribution is -2.09. The van der Waals surface area contributed by atoms with Gasteiger partial charge in [0.15, 0.2) is 0 Å². The van der Waals surface area contributed by atoms with Gasteiger partial charge in [-0.25, -0.2) is 0 Å². The Balaban J connectivity index is 1.02. The summed E-state index contributed by atoms with van der Waals surface area (Å²) in [5.41, 5.74) is 15.8. The van der Waals surface area contributed by atoms with E-state index in [-0.39, 0.29) is 0 Å². The molecule has 0 N–H and O–H groups in total. The molecular weight excluding hydrogens is 743 g/mol. The molecule has 0 unspecified atom stereocenters. The van der Waals surface area contributed by atoms with Crippen molar-refractivity contribution in [3.05, 3.63) is 224 Å². The number of para-hydroxylation sites is 1. The van der Waals surface area contributed by atoms with Crippen LogP contribution < -0.4 is 4.90 Å². The zero-order chi connectivity index (χ0) is 40.3. The molecule has 3 heteroatoms. The average molecular weight is 780 g/mol. The Morgan fingerprint density at radius 3 is 1.41 bits per heavy atom. The maximum atomic E-state index is 6.89. The summed E-state index contributed by atoms with van der Waals surface area (Å²) in [7, 11) is 0. The van der Waals surface area contributed by atoms with Gasteiger partial charge in [-0.15, -0.1) is 0 Å². The van der Waals surface area contributed by atoms with Crippen molar-refractivity contribution in [2.45, 2.75) is 0 Å². The number of hydrogen-bond acceptors (Lipinski definition) is 3. The highest BCUT2D eigenvalue weighted by atomic mass is 16.3. The normalized spacial score (nSPS) is 11.6. The molecule has 3 nitrogen and oxygen atoms in total. The molecule has 0 bridgehead atoms.